The lowest BCUT2D eigenvalue weighted by Crippen LogP contribution is -2.54. The number of halogens is 1. The second kappa shape index (κ2) is 5.89. The Labute approximate surface area is 117 Å². The van der Waals surface area contributed by atoms with Gasteiger partial charge in [-0.3, -0.25) is 9.59 Å². The van der Waals surface area contributed by atoms with E-state index < -0.39 is 11.8 Å². The van der Waals surface area contributed by atoms with Crippen molar-refractivity contribution in [3.63, 3.8) is 0 Å². The molecule has 1 heterocycles. The van der Waals surface area contributed by atoms with Gasteiger partial charge in [-0.2, -0.15) is 0 Å². The second-order valence-electron chi connectivity index (χ2n) is 4.30. The first-order valence-corrected chi connectivity index (χ1v) is 6.48. The van der Waals surface area contributed by atoms with Crippen LogP contribution in [-0.4, -0.2) is 36.3 Å². The van der Waals surface area contributed by atoms with E-state index in [1.807, 2.05) is 0 Å². The zero-order valence-electron chi connectivity index (χ0n) is 10.5. The fourth-order valence-corrected chi connectivity index (χ4v) is 2.13. The highest BCUT2D eigenvalue weighted by atomic mass is 35.5. The number of hydrogen-bond donors (Lipinski definition) is 0. The lowest BCUT2D eigenvalue weighted by molar-refractivity contribution is -0.146. The van der Waals surface area contributed by atoms with Crippen LogP contribution in [0.4, 0.5) is 5.69 Å². The third kappa shape index (κ3) is 2.96. The van der Waals surface area contributed by atoms with E-state index in [-0.39, 0.29) is 0 Å². The van der Waals surface area contributed by atoms with Crippen molar-refractivity contribution in [1.29, 1.82) is 0 Å². The molecular weight excluding hydrogens is 264 g/mol. The summed E-state index contributed by atoms with van der Waals surface area (Å²) in [6.45, 7) is 5.20. The summed E-state index contributed by atoms with van der Waals surface area (Å²) in [6.07, 6.45) is 2.43. The maximum absolute atomic E-state index is 12.1. The molecule has 1 aromatic carbocycles. The van der Waals surface area contributed by atoms with E-state index in [2.05, 4.69) is 6.58 Å². The van der Waals surface area contributed by atoms with Gasteiger partial charge in [0.15, 0.2) is 0 Å². The van der Waals surface area contributed by atoms with E-state index in [0.29, 0.717) is 36.8 Å². The first-order valence-electron chi connectivity index (χ1n) is 6.10. The minimum Gasteiger partial charge on any atom is -0.332 e. The van der Waals surface area contributed by atoms with Gasteiger partial charge in [0.1, 0.15) is 0 Å². The summed E-state index contributed by atoms with van der Waals surface area (Å²) in [7, 11) is 0. The molecule has 1 aliphatic rings. The molecule has 1 aliphatic heterocycles. The van der Waals surface area contributed by atoms with Crippen LogP contribution >= 0.6 is 11.6 Å². The van der Waals surface area contributed by atoms with E-state index in [4.69, 9.17) is 11.6 Å². The average Bonchev–Trinajstić information content (AvgIpc) is 2.42. The number of benzene rings is 1. The standard InChI is InChI=1S/C14H15ClN2O2/c1-2-3-8-16-9-10-17(14(19)13(16)18)12-6-4-11(15)5-7-12/h2,4-7H,1,3,8-10H2. The Hall–Kier alpha value is -1.81. The first kappa shape index (κ1) is 13.6. The number of amides is 2. The van der Waals surface area contributed by atoms with Gasteiger partial charge < -0.3 is 9.80 Å². The van der Waals surface area contributed by atoms with Gasteiger partial charge in [-0.05, 0) is 30.7 Å². The van der Waals surface area contributed by atoms with Gasteiger partial charge in [0.05, 0.1) is 0 Å². The molecule has 1 fully saturated rings. The highest BCUT2D eigenvalue weighted by Gasteiger charge is 2.32. The highest BCUT2D eigenvalue weighted by molar-refractivity contribution is 6.41. The number of hydrogen-bond acceptors (Lipinski definition) is 2. The number of carbonyl (C=O) groups excluding carboxylic acids is 2. The second-order valence-corrected chi connectivity index (χ2v) is 4.74. The maximum Gasteiger partial charge on any atom is 0.316 e. The normalized spacial score (nSPS) is 15.8. The summed E-state index contributed by atoms with van der Waals surface area (Å²) in [4.78, 5) is 27.1. The van der Waals surface area contributed by atoms with Gasteiger partial charge in [0, 0.05) is 30.3 Å². The van der Waals surface area contributed by atoms with Gasteiger partial charge in [-0.1, -0.05) is 17.7 Å². The molecule has 100 valence electrons. The van der Waals surface area contributed by atoms with Crippen LogP contribution in [0.1, 0.15) is 6.42 Å². The Morgan fingerprint density at radius 3 is 2.47 bits per heavy atom. The van der Waals surface area contributed by atoms with E-state index in [0.717, 1.165) is 0 Å². The maximum atomic E-state index is 12.1. The van der Waals surface area contributed by atoms with Gasteiger partial charge in [-0.25, -0.2) is 0 Å². The lowest BCUT2D eigenvalue weighted by atomic mass is 10.2. The van der Waals surface area contributed by atoms with Crippen LogP contribution in [0, 0.1) is 0 Å². The molecule has 19 heavy (non-hydrogen) atoms. The number of rotatable bonds is 4. The average molecular weight is 279 g/mol. The molecule has 0 N–H and O–H groups in total. The molecule has 1 saturated heterocycles. The van der Waals surface area contributed by atoms with Crippen LogP contribution < -0.4 is 4.90 Å². The van der Waals surface area contributed by atoms with Crippen molar-refractivity contribution in [1.82, 2.24) is 4.90 Å². The highest BCUT2D eigenvalue weighted by Crippen LogP contribution is 2.20. The summed E-state index contributed by atoms with van der Waals surface area (Å²) in [6, 6.07) is 6.90. The Balaban J connectivity index is 2.10. The van der Waals surface area contributed by atoms with Crippen LogP contribution in [0.3, 0.4) is 0 Å². The van der Waals surface area contributed by atoms with E-state index in [1.54, 1.807) is 35.2 Å². The molecule has 0 saturated carbocycles. The Morgan fingerprint density at radius 2 is 1.84 bits per heavy atom. The van der Waals surface area contributed by atoms with Crippen molar-refractivity contribution in [3.05, 3.63) is 41.9 Å². The summed E-state index contributed by atoms with van der Waals surface area (Å²) < 4.78 is 0. The predicted molar refractivity (Wildman–Crippen MR) is 75.2 cm³/mol. The molecular formula is C14H15ClN2O2. The van der Waals surface area contributed by atoms with E-state index >= 15 is 0 Å². The zero-order valence-corrected chi connectivity index (χ0v) is 11.3. The van der Waals surface area contributed by atoms with Gasteiger partial charge in [-0.15, -0.1) is 6.58 Å². The van der Waals surface area contributed by atoms with Crippen molar-refractivity contribution >= 4 is 29.1 Å². The van der Waals surface area contributed by atoms with Crippen molar-refractivity contribution in [2.45, 2.75) is 6.42 Å². The SMILES string of the molecule is C=CCCN1CCN(c2ccc(Cl)cc2)C(=O)C1=O. The van der Waals surface area contributed by atoms with Crippen LogP contribution in [0.5, 0.6) is 0 Å². The predicted octanol–water partition coefficient (Wildman–Crippen LogP) is 2.09. The molecule has 0 unspecified atom stereocenters. The summed E-state index contributed by atoms with van der Waals surface area (Å²) in [5.41, 5.74) is 0.700. The smallest absolute Gasteiger partial charge is 0.316 e. The number of anilines is 1. The lowest BCUT2D eigenvalue weighted by Gasteiger charge is -2.33. The summed E-state index contributed by atoms with van der Waals surface area (Å²) in [5.74, 6) is -0.944. The molecule has 2 amide bonds. The largest absolute Gasteiger partial charge is 0.332 e. The molecule has 0 bridgehead atoms. The molecule has 0 atom stereocenters. The van der Waals surface area contributed by atoms with Crippen molar-refractivity contribution < 1.29 is 9.59 Å². The van der Waals surface area contributed by atoms with Gasteiger partial charge in [0.2, 0.25) is 0 Å². The number of nitrogens with zero attached hydrogens (tertiary/aromatic N) is 2. The van der Waals surface area contributed by atoms with Crippen LogP contribution in [0.25, 0.3) is 0 Å². The Morgan fingerprint density at radius 1 is 1.16 bits per heavy atom. The van der Waals surface area contributed by atoms with Crippen molar-refractivity contribution in [2.24, 2.45) is 0 Å². The molecule has 0 aliphatic carbocycles. The van der Waals surface area contributed by atoms with E-state index in [9.17, 15) is 9.59 Å². The quantitative estimate of drug-likeness (QED) is 0.625. The zero-order chi connectivity index (χ0) is 13.8. The first-order chi connectivity index (χ1) is 9.13. The summed E-state index contributed by atoms with van der Waals surface area (Å²) >= 11 is 5.81. The van der Waals surface area contributed by atoms with Crippen LogP contribution in [0.15, 0.2) is 36.9 Å². The third-order valence-electron chi connectivity index (χ3n) is 3.05. The Bertz CT molecular complexity index is 499. The van der Waals surface area contributed by atoms with Crippen LogP contribution in [-0.2, 0) is 9.59 Å². The molecule has 5 heteroatoms. The van der Waals surface area contributed by atoms with Crippen molar-refractivity contribution in [3.8, 4) is 0 Å². The molecule has 0 spiro atoms. The third-order valence-corrected chi connectivity index (χ3v) is 3.30. The molecule has 0 aromatic heterocycles. The number of piperazine rings is 1. The van der Waals surface area contributed by atoms with Crippen LogP contribution in [0.2, 0.25) is 5.02 Å². The fraction of sp³-hybridized carbons (Fsp3) is 0.286. The topological polar surface area (TPSA) is 40.6 Å². The molecule has 1 aromatic rings. The van der Waals surface area contributed by atoms with Gasteiger partial charge in [0.25, 0.3) is 0 Å². The minimum absolute atomic E-state index is 0.456. The Kier molecular flexibility index (Phi) is 4.22. The molecule has 2 rings (SSSR count). The van der Waals surface area contributed by atoms with Gasteiger partial charge >= 0.3 is 11.8 Å². The molecule has 4 nitrogen and oxygen atoms in total. The minimum atomic E-state index is -0.488. The fourth-order valence-electron chi connectivity index (χ4n) is 2.00. The van der Waals surface area contributed by atoms with E-state index in [1.165, 1.54) is 4.90 Å². The number of carbonyl (C=O) groups is 2. The summed E-state index contributed by atoms with van der Waals surface area (Å²) in [5, 5.41) is 0.604. The monoisotopic (exact) mass is 278 g/mol. The van der Waals surface area contributed by atoms with Crippen molar-refractivity contribution in [2.75, 3.05) is 24.5 Å². The molecule has 0 radical (unpaired) electrons.